The van der Waals surface area contributed by atoms with Crippen molar-refractivity contribution in [2.45, 2.75) is 25.8 Å². The Balaban J connectivity index is 1.80. The van der Waals surface area contributed by atoms with Crippen LogP contribution in [-0.4, -0.2) is 22.8 Å². The van der Waals surface area contributed by atoms with E-state index in [4.69, 9.17) is 0 Å². The first kappa shape index (κ1) is 18.0. The summed E-state index contributed by atoms with van der Waals surface area (Å²) in [6, 6.07) is 19.0. The molecular formula is C23H25NO2. The fourth-order valence-corrected chi connectivity index (χ4v) is 3.23. The maximum absolute atomic E-state index is 9.93. The molecule has 1 heterocycles. The van der Waals surface area contributed by atoms with Crippen molar-refractivity contribution in [3.05, 3.63) is 95.5 Å². The van der Waals surface area contributed by atoms with Gasteiger partial charge in [0.1, 0.15) is 5.76 Å². The first-order valence-electron chi connectivity index (χ1n) is 8.91. The van der Waals surface area contributed by atoms with Crippen LogP contribution in [0.25, 0.3) is 11.1 Å². The van der Waals surface area contributed by atoms with Crippen molar-refractivity contribution in [2.24, 2.45) is 0 Å². The summed E-state index contributed by atoms with van der Waals surface area (Å²) in [7, 11) is 0. The van der Waals surface area contributed by atoms with Crippen LogP contribution in [0.2, 0.25) is 0 Å². The number of nitrogens with one attached hydrogen (secondary N) is 1. The van der Waals surface area contributed by atoms with Gasteiger partial charge < -0.3 is 15.5 Å². The molecule has 3 nitrogen and oxygen atoms in total. The number of aliphatic hydroxyl groups is 2. The summed E-state index contributed by atoms with van der Waals surface area (Å²) in [4.78, 5) is 0. The zero-order chi connectivity index (χ0) is 18.5. The smallest absolute Gasteiger partial charge is 0.153 e. The third-order valence-electron chi connectivity index (χ3n) is 4.76. The maximum atomic E-state index is 9.93. The van der Waals surface area contributed by atoms with Crippen LogP contribution in [0.5, 0.6) is 0 Å². The lowest BCUT2D eigenvalue weighted by Crippen LogP contribution is -2.38. The summed E-state index contributed by atoms with van der Waals surface area (Å²) < 4.78 is 0. The Bertz CT molecular complexity index is 828. The molecule has 0 bridgehead atoms. The second kappa shape index (κ2) is 8.07. The molecule has 26 heavy (non-hydrogen) atoms. The van der Waals surface area contributed by atoms with Crippen molar-refractivity contribution >= 4 is 0 Å². The number of piperidine rings is 1. The van der Waals surface area contributed by atoms with Crippen LogP contribution in [0.4, 0.5) is 0 Å². The molecule has 0 amide bonds. The molecule has 0 spiro atoms. The highest BCUT2D eigenvalue weighted by Gasteiger charge is 2.22. The second-order valence-electron chi connectivity index (χ2n) is 6.70. The maximum Gasteiger partial charge on any atom is 0.153 e. The molecule has 134 valence electrons. The minimum absolute atomic E-state index is 0.0697. The minimum Gasteiger partial charge on any atom is -0.509 e. The standard InChI is InChI=1S/C23H25NO2/c1-16-12-13-24-22(21(16)15-23(26)17(2)25)14-18-8-10-20(11-9-18)19-6-4-3-5-7-19/h3-11,15,22,24-26H,1,12-14H2,2H3/b21-15+,23-17-. The first-order chi connectivity index (χ1) is 12.5. The lowest BCUT2D eigenvalue weighted by molar-refractivity contribution is 0.339. The van der Waals surface area contributed by atoms with Gasteiger partial charge in [0.2, 0.25) is 0 Å². The summed E-state index contributed by atoms with van der Waals surface area (Å²) in [5, 5.41) is 22.9. The average molecular weight is 347 g/mol. The third kappa shape index (κ3) is 4.24. The van der Waals surface area contributed by atoms with Crippen molar-refractivity contribution in [1.29, 1.82) is 0 Å². The van der Waals surface area contributed by atoms with Crippen LogP contribution >= 0.6 is 0 Å². The van der Waals surface area contributed by atoms with E-state index in [1.165, 1.54) is 23.6 Å². The van der Waals surface area contributed by atoms with Crippen LogP contribution in [0.1, 0.15) is 18.9 Å². The molecule has 3 N–H and O–H groups in total. The summed E-state index contributed by atoms with van der Waals surface area (Å²) in [5.41, 5.74) is 5.57. The fourth-order valence-electron chi connectivity index (χ4n) is 3.23. The topological polar surface area (TPSA) is 52.5 Å². The van der Waals surface area contributed by atoms with E-state index in [9.17, 15) is 10.2 Å². The quantitative estimate of drug-likeness (QED) is 0.675. The molecule has 1 atom stereocenters. The molecule has 2 aromatic carbocycles. The number of allylic oxidation sites excluding steroid dienone is 2. The van der Waals surface area contributed by atoms with E-state index in [2.05, 4.69) is 48.3 Å². The van der Waals surface area contributed by atoms with Crippen molar-refractivity contribution in [2.75, 3.05) is 6.54 Å². The highest BCUT2D eigenvalue weighted by molar-refractivity contribution is 5.63. The lowest BCUT2D eigenvalue weighted by Gasteiger charge is -2.29. The molecule has 3 heteroatoms. The Kier molecular flexibility index (Phi) is 5.59. The third-order valence-corrected chi connectivity index (χ3v) is 4.76. The molecule has 1 aliphatic heterocycles. The summed E-state index contributed by atoms with van der Waals surface area (Å²) in [5.74, 6) is -0.184. The van der Waals surface area contributed by atoms with Crippen molar-refractivity contribution in [3.8, 4) is 11.1 Å². The largest absolute Gasteiger partial charge is 0.509 e. The van der Waals surface area contributed by atoms with Gasteiger partial charge >= 0.3 is 0 Å². The SMILES string of the molecule is C=C1CCNC(Cc2ccc(-c3ccccc3)cc2)/C1=C/C(O)=C(\C)O. The van der Waals surface area contributed by atoms with E-state index >= 15 is 0 Å². The fraction of sp³-hybridized carbons (Fsp3) is 0.217. The molecule has 0 aliphatic carbocycles. The van der Waals surface area contributed by atoms with Crippen LogP contribution in [0, 0.1) is 0 Å². The highest BCUT2D eigenvalue weighted by Crippen LogP contribution is 2.26. The van der Waals surface area contributed by atoms with E-state index in [1.54, 1.807) is 6.08 Å². The second-order valence-corrected chi connectivity index (χ2v) is 6.70. The van der Waals surface area contributed by atoms with Gasteiger partial charge in [-0.1, -0.05) is 61.2 Å². The molecule has 1 aliphatic rings. The Morgan fingerprint density at radius 1 is 1.08 bits per heavy atom. The molecule has 1 saturated heterocycles. The van der Waals surface area contributed by atoms with Gasteiger partial charge in [0.25, 0.3) is 0 Å². The van der Waals surface area contributed by atoms with Gasteiger partial charge in [0, 0.05) is 6.04 Å². The monoisotopic (exact) mass is 347 g/mol. The van der Waals surface area contributed by atoms with E-state index in [0.29, 0.717) is 0 Å². The van der Waals surface area contributed by atoms with Crippen LogP contribution in [0.15, 0.2) is 89.9 Å². The summed E-state index contributed by atoms with van der Waals surface area (Å²) >= 11 is 0. The molecule has 3 rings (SSSR count). The van der Waals surface area contributed by atoms with Gasteiger partial charge in [-0.2, -0.15) is 0 Å². The molecule has 0 saturated carbocycles. The van der Waals surface area contributed by atoms with Gasteiger partial charge in [0.05, 0.1) is 0 Å². The Morgan fingerprint density at radius 2 is 1.73 bits per heavy atom. The predicted octanol–water partition coefficient (Wildman–Crippen LogP) is 5.09. The predicted molar refractivity (Wildman–Crippen MR) is 107 cm³/mol. The Hall–Kier alpha value is -2.78. The summed E-state index contributed by atoms with van der Waals surface area (Å²) in [6.45, 7) is 6.47. The van der Waals surface area contributed by atoms with Crippen LogP contribution in [-0.2, 0) is 6.42 Å². The molecular weight excluding hydrogens is 322 g/mol. The summed E-state index contributed by atoms with van der Waals surface area (Å²) in [6.07, 6.45) is 3.28. The minimum atomic E-state index is -0.103. The molecule has 0 radical (unpaired) electrons. The van der Waals surface area contributed by atoms with Gasteiger partial charge in [0.15, 0.2) is 5.76 Å². The number of hydrogen-bond donors (Lipinski definition) is 3. The number of rotatable bonds is 4. The van der Waals surface area contributed by atoms with Gasteiger partial charge in [-0.25, -0.2) is 0 Å². The van der Waals surface area contributed by atoms with Crippen molar-refractivity contribution in [1.82, 2.24) is 5.32 Å². The Morgan fingerprint density at radius 3 is 2.38 bits per heavy atom. The highest BCUT2D eigenvalue weighted by atomic mass is 16.3. The van der Waals surface area contributed by atoms with Gasteiger partial charge in [-0.05, 0) is 60.2 Å². The van der Waals surface area contributed by atoms with Gasteiger partial charge in [-0.3, -0.25) is 0 Å². The van der Waals surface area contributed by atoms with Crippen LogP contribution in [0.3, 0.4) is 0 Å². The molecule has 2 aromatic rings. The zero-order valence-electron chi connectivity index (χ0n) is 15.1. The van der Waals surface area contributed by atoms with E-state index in [1.807, 2.05) is 18.2 Å². The zero-order valence-corrected chi connectivity index (χ0v) is 15.1. The van der Waals surface area contributed by atoms with E-state index < -0.39 is 0 Å². The molecule has 0 aromatic heterocycles. The van der Waals surface area contributed by atoms with E-state index in [0.717, 1.165) is 30.5 Å². The Labute approximate surface area is 155 Å². The molecule has 1 unspecified atom stereocenters. The normalized spacial score (nSPS) is 20.1. The van der Waals surface area contributed by atoms with Crippen molar-refractivity contribution < 1.29 is 10.2 Å². The van der Waals surface area contributed by atoms with Gasteiger partial charge in [-0.15, -0.1) is 0 Å². The molecule has 1 fully saturated rings. The van der Waals surface area contributed by atoms with Crippen molar-refractivity contribution in [3.63, 3.8) is 0 Å². The van der Waals surface area contributed by atoms with E-state index in [-0.39, 0.29) is 17.6 Å². The lowest BCUT2D eigenvalue weighted by atomic mass is 9.88. The number of aliphatic hydroxyl groups excluding tert-OH is 2. The number of benzene rings is 2. The first-order valence-corrected chi connectivity index (χ1v) is 8.91. The number of hydrogen-bond acceptors (Lipinski definition) is 3. The van der Waals surface area contributed by atoms with Crippen LogP contribution < -0.4 is 5.32 Å². The average Bonchev–Trinajstić information content (AvgIpc) is 2.65.